The molecule has 0 bridgehead atoms. The standard InChI is InChI=1S/C17H21N7/c1-5-19-13-6-15(23-17-16(13)12(7-18)8-20-17)22-14-9-21-24(10(2)3)11(14)4/h6,8-10H,5H2,1-4H3,(H3,19,20,22,23). The lowest BCUT2D eigenvalue weighted by atomic mass is 10.2. The van der Waals surface area contributed by atoms with Crippen LogP contribution in [0.5, 0.6) is 0 Å². The number of H-pyrrole nitrogens is 1. The van der Waals surface area contributed by atoms with E-state index in [9.17, 15) is 5.26 Å². The average Bonchev–Trinajstić information content (AvgIpc) is 3.12. The Bertz CT molecular complexity index is 911. The average molecular weight is 323 g/mol. The van der Waals surface area contributed by atoms with Crippen LogP contribution in [0.2, 0.25) is 0 Å². The van der Waals surface area contributed by atoms with Gasteiger partial charge in [-0.25, -0.2) is 4.98 Å². The van der Waals surface area contributed by atoms with Crippen LogP contribution in [0.25, 0.3) is 11.0 Å². The minimum absolute atomic E-state index is 0.301. The van der Waals surface area contributed by atoms with Crippen LogP contribution >= 0.6 is 0 Å². The summed E-state index contributed by atoms with van der Waals surface area (Å²) in [6.07, 6.45) is 3.49. The summed E-state index contributed by atoms with van der Waals surface area (Å²) >= 11 is 0. The highest BCUT2D eigenvalue weighted by atomic mass is 15.3. The summed E-state index contributed by atoms with van der Waals surface area (Å²) in [5, 5.41) is 21.1. The molecular weight excluding hydrogens is 302 g/mol. The van der Waals surface area contributed by atoms with Crippen molar-refractivity contribution in [2.45, 2.75) is 33.7 Å². The second-order valence-electron chi connectivity index (χ2n) is 5.93. The number of hydrogen-bond donors (Lipinski definition) is 3. The summed E-state index contributed by atoms with van der Waals surface area (Å²) < 4.78 is 1.97. The Morgan fingerprint density at radius 2 is 2.17 bits per heavy atom. The number of nitriles is 1. The summed E-state index contributed by atoms with van der Waals surface area (Å²) in [4.78, 5) is 7.65. The molecule has 3 aromatic heterocycles. The number of anilines is 3. The predicted octanol–water partition coefficient (Wildman–Crippen LogP) is 3.70. The zero-order valence-electron chi connectivity index (χ0n) is 14.3. The monoisotopic (exact) mass is 323 g/mol. The Kier molecular flexibility index (Phi) is 4.13. The third kappa shape index (κ3) is 2.67. The largest absolute Gasteiger partial charge is 0.385 e. The number of nitrogens with zero attached hydrogens (tertiary/aromatic N) is 4. The first-order valence-electron chi connectivity index (χ1n) is 8.02. The van der Waals surface area contributed by atoms with E-state index in [0.29, 0.717) is 23.1 Å². The van der Waals surface area contributed by atoms with Gasteiger partial charge in [0.1, 0.15) is 17.5 Å². The Balaban J connectivity index is 2.03. The highest BCUT2D eigenvalue weighted by Gasteiger charge is 2.14. The van der Waals surface area contributed by atoms with Gasteiger partial charge < -0.3 is 15.6 Å². The number of aromatic nitrogens is 4. The van der Waals surface area contributed by atoms with Crippen molar-refractivity contribution < 1.29 is 0 Å². The quantitative estimate of drug-likeness (QED) is 0.665. The van der Waals surface area contributed by atoms with E-state index < -0.39 is 0 Å². The van der Waals surface area contributed by atoms with Crippen LogP contribution in [0.1, 0.15) is 38.1 Å². The zero-order chi connectivity index (χ0) is 17.3. The fourth-order valence-electron chi connectivity index (χ4n) is 2.82. The highest BCUT2D eigenvalue weighted by molar-refractivity contribution is 5.96. The molecule has 7 nitrogen and oxygen atoms in total. The Morgan fingerprint density at radius 3 is 2.79 bits per heavy atom. The minimum atomic E-state index is 0.301. The van der Waals surface area contributed by atoms with Crippen molar-refractivity contribution in [2.75, 3.05) is 17.2 Å². The van der Waals surface area contributed by atoms with Gasteiger partial charge in [-0.15, -0.1) is 0 Å². The van der Waals surface area contributed by atoms with Crippen molar-refractivity contribution in [3.8, 4) is 6.07 Å². The molecule has 0 spiro atoms. The minimum Gasteiger partial charge on any atom is -0.385 e. The van der Waals surface area contributed by atoms with Crippen molar-refractivity contribution >= 4 is 28.2 Å². The van der Waals surface area contributed by atoms with Gasteiger partial charge in [0.25, 0.3) is 0 Å². The van der Waals surface area contributed by atoms with Crippen molar-refractivity contribution in [1.82, 2.24) is 19.7 Å². The van der Waals surface area contributed by atoms with E-state index in [2.05, 4.69) is 45.6 Å². The fraction of sp³-hybridized carbons (Fsp3) is 0.353. The molecule has 0 aliphatic carbocycles. The fourth-order valence-corrected chi connectivity index (χ4v) is 2.82. The third-order valence-electron chi connectivity index (χ3n) is 3.93. The van der Waals surface area contributed by atoms with E-state index in [-0.39, 0.29) is 0 Å². The Morgan fingerprint density at radius 1 is 1.38 bits per heavy atom. The first-order chi connectivity index (χ1) is 11.5. The van der Waals surface area contributed by atoms with Gasteiger partial charge in [-0.3, -0.25) is 4.68 Å². The summed E-state index contributed by atoms with van der Waals surface area (Å²) in [5.41, 5.74) is 4.13. The normalized spacial score (nSPS) is 11.0. The van der Waals surface area contributed by atoms with E-state index in [1.165, 1.54) is 0 Å². The second-order valence-corrected chi connectivity index (χ2v) is 5.93. The van der Waals surface area contributed by atoms with Crippen molar-refractivity contribution in [1.29, 1.82) is 5.26 Å². The number of rotatable bonds is 5. The molecular formula is C17H21N7. The van der Waals surface area contributed by atoms with Crippen LogP contribution in [0.4, 0.5) is 17.2 Å². The maximum Gasteiger partial charge on any atom is 0.143 e. The summed E-state index contributed by atoms with van der Waals surface area (Å²) in [5.74, 6) is 0.705. The van der Waals surface area contributed by atoms with Crippen LogP contribution in [-0.4, -0.2) is 26.3 Å². The Labute approximate surface area is 140 Å². The molecule has 3 rings (SSSR count). The van der Waals surface area contributed by atoms with Gasteiger partial charge in [0.15, 0.2) is 0 Å². The number of nitrogens with one attached hydrogen (secondary N) is 3. The molecule has 0 unspecified atom stereocenters. The van der Waals surface area contributed by atoms with E-state index in [4.69, 9.17) is 0 Å². The molecule has 3 N–H and O–H groups in total. The second kappa shape index (κ2) is 6.24. The SMILES string of the molecule is CCNc1cc(Nc2cnn(C(C)C)c2C)nc2[nH]cc(C#N)c12. The molecule has 0 aliphatic rings. The topological polar surface area (TPSA) is 94.3 Å². The first kappa shape index (κ1) is 15.9. The first-order valence-corrected chi connectivity index (χ1v) is 8.02. The molecule has 0 radical (unpaired) electrons. The number of hydrogen-bond acceptors (Lipinski definition) is 5. The lowest BCUT2D eigenvalue weighted by molar-refractivity contribution is 0.519. The van der Waals surface area contributed by atoms with Crippen LogP contribution < -0.4 is 10.6 Å². The molecule has 0 aliphatic heterocycles. The number of fused-ring (bicyclic) bond motifs is 1. The molecule has 7 heteroatoms. The van der Waals surface area contributed by atoms with Crippen molar-refractivity contribution in [3.63, 3.8) is 0 Å². The highest BCUT2D eigenvalue weighted by Crippen LogP contribution is 2.30. The molecule has 0 fully saturated rings. The van der Waals surface area contributed by atoms with Crippen molar-refractivity contribution in [3.05, 3.63) is 29.7 Å². The van der Waals surface area contributed by atoms with Gasteiger partial charge in [-0.1, -0.05) is 0 Å². The van der Waals surface area contributed by atoms with Gasteiger partial charge in [-0.2, -0.15) is 10.4 Å². The Hall–Kier alpha value is -3.01. The third-order valence-corrected chi connectivity index (χ3v) is 3.93. The zero-order valence-corrected chi connectivity index (χ0v) is 14.3. The molecule has 24 heavy (non-hydrogen) atoms. The molecule has 124 valence electrons. The van der Waals surface area contributed by atoms with E-state index in [1.807, 2.05) is 30.8 Å². The molecule has 0 saturated carbocycles. The summed E-state index contributed by atoms with van der Waals surface area (Å²) in [6, 6.07) is 4.42. The van der Waals surface area contributed by atoms with Gasteiger partial charge >= 0.3 is 0 Å². The molecule has 0 saturated heterocycles. The molecule has 0 aromatic carbocycles. The van der Waals surface area contributed by atoms with Crippen molar-refractivity contribution in [2.24, 2.45) is 0 Å². The van der Waals surface area contributed by atoms with E-state index >= 15 is 0 Å². The van der Waals surface area contributed by atoms with E-state index in [0.717, 1.165) is 29.0 Å². The van der Waals surface area contributed by atoms with Gasteiger partial charge in [0.05, 0.1) is 34.2 Å². The maximum atomic E-state index is 9.26. The lowest BCUT2D eigenvalue weighted by Gasteiger charge is -2.11. The van der Waals surface area contributed by atoms with Crippen LogP contribution in [-0.2, 0) is 0 Å². The number of aromatic amines is 1. The maximum absolute atomic E-state index is 9.26. The molecule has 0 atom stereocenters. The molecule has 0 amide bonds. The lowest BCUT2D eigenvalue weighted by Crippen LogP contribution is -2.05. The van der Waals surface area contributed by atoms with Crippen LogP contribution in [0.15, 0.2) is 18.5 Å². The smallest absolute Gasteiger partial charge is 0.143 e. The summed E-state index contributed by atoms with van der Waals surface area (Å²) in [7, 11) is 0. The van der Waals surface area contributed by atoms with E-state index in [1.54, 1.807) is 6.20 Å². The molecule has 3 aromatic rings. The van der Waals surface area contributed by atoms with Gasteiger partial charge in [0, 0.05) is 24.8 Å². The summed E-state index contributed by atoms with van der Waals surface area (Å²) in [6.45, 7) is 9.01. The molecule has 3 heterocycles. The van der Waals surface area contributed by atoms with Gasteiger partial charge in [0.2, 0.25) is 0 Å². The number of pyridine rings is 1. The van der Waals surface area contributed by atoms with Crippen LogP contribution in [0, 0.1) is 18.3 Å². The predicted molar refractivity (Wildman–Crippen MR) is 95.6 cm³/mol. The van der Waals surface area contributed by atoms with Crippen LogP contribution in [0.3, 0.4) is 0 Å². The van der Waals surface area contributed by atoms with Gasteiger partial charge in [-0.05, 0) is 27.7 Å².